The number of carbonyl (C=O) groups excluding carboxylic acids is 1. The van der Waals surface area contributed by atoms with Crippen molar-refractivity contribution < 1.29 is 14.6 Å². The first-order valence-electron chi connectivity index (χ1n) is 4.83. The first-order chi connectivity index (χ1) is 7.15. The van der Waals surface area contributed by atoms with Crippen molar-refractivity contribution in [2.45, 2.75) is 19.4 Å². The van der Waals surface area contributed by atoms with Crippen molar-refractivity contribution in [3.05, 3.63) is 29.8 Å². The van der Waals surface area contributed by atoms with Crippen LogP contribution in [0.15, 0.2) is 24.3 Å². The molecule has 0 aliphatic heterocycles. The van der Waals surface area contributed by atoms with Crippen molar-refractivity contribution in [1.29, 1.82) is 0 Å². The largest absolute Gasteiger partial charge is 0.483 e. The lowest BCUT2D eigenvalue weighted by Gasteiger charge is -2.13. The Kier molecular flexibility index (Phi) is 4.12. The number of primary amides is 1. The van der Waals surface area contributed by atoms with Crippen molar-refractivity contribution >= 4 is 5.91 Å². The lowest BCUT2D eigenvalue weighted by atomic mass is 10.1. The van der Waals surface area contributed by atoms with Gasteiger partial charge in [-0.1, -0.05) is 25.1 Å². The number of nitrogens with two attached hydrogens (primary N) is 1. The Balaban J connectivity index is 2.81. The summed E-state index contributed by atoms with van der Waals surface area (Å²) in [6.45, 7) is 1.70. The maximum absolute atomic E-state index is 10.6. The summed E-state index contributed by atoms with van der Waals surface area (Å²) in [5.74, 6) is -0.0264. The van der Waals surface area contributed by atoms with E-state index < -0.39 is 12.0 Å². The molecule has 82 valence electrons. The van der Waals surface area contributed by atoms with Gasteiger partial charge < -0.3 is 15.6 Å². The van der Waals surface area contributed by atoms with E-state index in [-0.39, 0.29) is 6.61 Å². The van der Waals surface area contributed by atoms with E-state index in [0.29, 0.717) is 17.7 Å². The SMILES string of the molecule is CC[C@H](O)c1ccccc1OCC(N)=O. The van der Waals surface area contributed by atoms with Crippen molar-refractivity contribution in [3.8, 4) is 5.75 Å². The highest BCUT2D eigenvalue weighted by Crippen LogP contribution is 2.26. The van der Waals surface area contributed by atoms with E-state index in [2.05, 4.69) is 0 Å². The van der Waals surface area contributed by atoms with Gasteiger partial charge in [-0.3, -0.25) is 4.79 Å². The van der Waals surface area contributed by atoms with Crippen LogP contribution in [0.1, 0.15) is 25.0 Å². The van der Waals surface area contributed by atoms with E-state index in [1.165, 1.54) is 0 Å². The summed E-state index contributed by atoms with van der Waals surface area (Å²) >= 11 is 0. The van der Waals surface area contributed by atoms with Crippen LogP contribution in [0.4, 0.5) is 0 Å². The minimum Gasteiger partial charge on any atom is -0.483 e. The summed E-state index contributed by atoms with van der Waals surface area (Å²) in [7, 11) is 0. The van der Waals surface area contributed by atoms with Crippen LogP contribution in [0.2, 0.25) is 0 Å². The fourth-order valence-electron chi connectivity index (χ4n) is 1.26. The van der Waals surface area contributed by atoms with E-state index in [0.717, 1.165) is 0 Å². The average Bonchev–Trinajstić information content (AvgIpc) is 2.25. The van der Waals surface area contributed by atoms with Gasteiger partial charge in [0.1, 0.15) is 5.75 Å². The fraction of sp³-hybridized carbons (Fsp3) is 0.364. The summed E-state index contributed by atoms with van der Waals surface area (Å²) < 4.78 is 5.19. The van der Waals surface area contributed by atoms with Gasteiger partial charge in [0.05, 0.1) is 6.10 Å². The van der Waals surface area contributed by atoms with E-state index >= 15 is 0 Å². The maximum Gasteiger partial charge on any atom is 0.255 e. The lowest BCUT2D eigenvalue weighted by Crippen LogP contribution is -2.20. The minimum atomic E-state index is -0.575. The van der Waals surface area contributed by atoms with Gasteiger partial charge in [0.15, 0.2) is 6.61 Å². The summed E-state index contributed by atoms with van der Waals surface area (Å²) in [6.07, 6.45) is 0.0193. The molecule has 0 fully saturated rings. The predicted octanol–water partition coefficient (Wildman–Crippen LogP) is 0.994. The lowest BCUT2D eigenvalue weighted by molar-refractivity contribution is -0.120. The molecule has 1 aromatic rings. The zero-order valence-corrected chi connectivity index (χ0v) is 8.64. The molecule has 0 saturated carbocycles. The van der Waals surface area contributed by atoms with Gasteiger partial charge in [-0.15, -0.1) is 0 Å². The van der Waals surface area contributed by atoms with E-state index in [4.69, 9.17) is 10.5 Å². The second-order valence-corrected chi connectivity index (χ2v) is 3.22. The topological polar surface area (TPSA) is 72.6 Å². The number of rotatable bonds is 5. The Bertz CT molecular complexity index is 338. The van der Waals surface area contributed by atoms with Crippen molar-refractivity contribution in [2.24, 2.45) is 5.73 Å². The van der Waals surface area contributed by atoms with Crippen LogP contribution in [0.25, 0.3) is 0 Å². The van der Waals surface area contributed by atoms with Crippen LogP contribution in [-0.4, -0.2) is 17.6 Å². The molecular weight excluding hydrogens is 194 g/mol. The maximum atomic E-state index is 10.6. The second kappa shape index (κ2) is 5.36. The van der Waals surface area contributed by atoms with Gasteiger partial charge in [-0.25, -0.2) is 0 Å². The summed E-state index contributed by atoms with van der Waals surface area (Å²) in [6, 6.07) is 7.06. The van der Waals surface area contributed by atoms with Gasteiger partial charge in [0.2, 0.25) is 0 Å². The molecule has 15 heavy (non-hydrogen) atoms. The molecule has 4 heteroatoms. The number of benzene rings is 1. The Hall–Kier alpha value is -1.55. The molecule has 1 rings (SSSR count). The third-order valence-electron chi connectivity index (χ3n) is 2.03. The number of hydrogen-bond acceptors (Lipinski definition) is 3. The van der Waals surface area contributed by atoms with Crippen LogP contribution < -0.4 is 10.5 Å². The molecule has 0 heterocycles. The normalized spacial score (nSPS) is 12.1. The molecule has 0 saturated heterocycles. The molecule has 0 radical (unpaired) electrons. The summed E-state index contributed by atoms with van der Waals surface area (Å²) in [4.78, 5) is 10.6. The van der Waals surface area contributed by atoms with E-state index in [9.17, 15) is 9.90 Å². The van der Waals surface area contributed by atoms with Crippen LogP contribution in [0.3, 0.4) is 0 Å². The van der Waals surface area contributed by atoms with E-state index in [1.54, 1.807) is 18.2 Å². The molecule has 3 N–H and O–H groups in total. The molecule has 0 bridgehead atoms. The van der Waals surface area contributed by atoms with Gasteiger partial charge in [0, 0.05) is 5.56 Å². The van der Waals surface area contributed by atoms with Gasteiger partial charge >= 0.3 is 0 Å². The highest BCUT2D eigenvalue weighted by atomic mass is 16.5. The van der Waals surface area contributed by atoms with Crippen LogP contribution >= 0.6 is 0 Å². The molecule has 4 nitrogen and oxygen atoms in total. The third-order valence-corrected chi connectivity index (χ3v) is 2.03. The van der Waals surface area contributed by atoms with Gasteiger partial charge in [-0.05, 0) is 12.5 Å². The molecular formula is C11H15NO3. The van der Waals surface area contributed by atoms with Crippen molar-refractivity contribution in [3.63, 3.8) is 0 Å². The molecule has 0 aromatic heterocycles. The number of amides is 1. The van der Waals surface area contributed by atoms with Crippen molar-refractivity contribution in [1.82, 2.24) is 0 Å². The Morgan fingerprint density at radius 3 is 2.80 bits per heavy atom. The van der Waals surface area contributed by atoms with Crippen LogP contribution in [-0.2, 0) is 4.79 Å². The molecule has 0 unspecified atom stereocenters. The van der Waals surface area contributed by atoms with Gasteiger partial charge in [-0.2, -0.15) is 0 Å². The summed E-state index contributed by atoms with van der Waals surface area (Å²) in [5, 5.41) is 9.68. The van der Waals surface area contributed by atoms with Gasteiger partial charge in [0.25, 0.3) is 5.91 Å². The fourth-order valence-corrected chi connectivity index (χ4v) is 1.26. The monoisotopic (exact) mass is 209 g/mol. The molecule has 1 amide bonds. The summed E-state index contributed by atoms with van der Waals surface area (Å²) in [5.41, 5.74) is 5.65. The predicted molar refractivity (Wildman–Crippen MR) is 56.4 cm³/mol. The highest BCUT2D eigenvalue weighted by Gasteiger charge is 2.11. The molecule has 1 atom stereocenters. The number of aliphatic hydroxyl groups is 1. The third kappa shape index (κ3) is 3.25. The zero-order valence-electron chi connectivity index (χ0n) is 8.64. The first kappa shape index (κ1) is 11.5. The van der Waals surface area contributed by atoms with Crippen LogP contribution in [0, 0.1) is 0 Å². The van der Waals surface area contributed by atoms with E-state index in [1.807, 2.05) is 13.0 Å². The molecule has 0 aliphatic rings. The Morgan fingerprint density at radius 1 is 1.53 bits per heavy atom. The highest BCUT2D eigenvalue weighted by molar-refractivity contribution is 5.75. The van der Waals surface area contributed by atoms with Crippen LogP contribution in [0.5, 0.6) is 5.75 Å². The number of hydrogen-bond donors (Lipinski definition) is 2. The quantitative estimate of drug-likeness (QED) is 0.759. The number of ether oxygens (including phenoxy) is 1. The average molecular weight is 209 g/mol. The number of aliphatic hydroxyl groups excluding tert-OH is 1. The molecule has 1 aromatic carbocycles. The molecule has 0 spiro atoms. The first-order valence-corrected chi connectivity index (χ1v) is 4.83. The standard InChI is InChI=1S/C11H15NO3/c1-2-9(13)8-5-3-4-6-10(8)15-7-11(12)14/h3-6,9,13H,2,7H2,1H3,(H2,12,14)/t9-/m0/s1. The molecule has 0 aliphatic carbocycles. The Labute approximate surface area is 88.7 Å². The van der Waals surface area contributed by atoms with Crippen molar-refractivity contribution in [2.75, 3.05) is 6.61 Å². The second-order valence-electron chi connectivity index (χ2n) is 3.22. The number of carbonyl (C=O) groups is 1. The smallest absolute Gasteiger partial charge is 0.255 e. The minimum absolute atomic E-state index is 0.173. The zero-order chi connectivity index (χ0) is 11.3. The number of para-hydroxylation sites is 1. The Morgan fingerprint density at radius 2 is 2.20 bits per heavy atom.